The molecule has 2 spiro atoms. The van der Waals surface area contributed by atoms with Crippen LogP contribution in [0, 0.1) is 5.41 Å². The highest BCUT2D eigenvalue weighted by Crippen LogP contribution is 2.59. The minimum atomic E-state index is -0.346. The van der Waals surface area contributed by atoms with E-state index in [0.717, 1.165) is 31.6 Å². The molecule has 1 heterocycles. The zero-order valence-corrected chi connectivity index (χ0v) is 27.5. The molecule has 1 saturated heterocycles. The molecule has 2 aliphatic carbocycles. The molecule has 0 aromatic heterocycles. The van der Waals surface area contributed by atoms with Crippen molar-refractivity contribution < 1.29 is 30.3 Å². The quantitative estimate of drug-likeness (QED) is 0.0836. The summed E-state index contributed by atoms with van der Waals surface area (Å²) in [5.74, 6) is -1.17. The molecule has 2 atom stereocenters. The van der Waals surface area contributed by atoms with Crippen molar-refractivity contribution in [3.05, 3.63) is 88.5 Å². The molecule has 4 aromatic carbocycles. The van der Waals surface area contributed by atoms with Crippen molar-refractivity contribution in [1.82, 2.24) is 5.32 Å². The molecule has 252 valence electrons. The molecule has 3 aliphatic rings. The number of hydrogen-bond acceptors (Lipinski definition) is 7. The van der Waals surface area contributed by atoms with Gasteiger partial charge in [-0.25, -0.2) is 0 Å². The van der Waals surface area contributed by atoms with E-state index in [0.29, 0.717) is 46.4 Å². The average Bonchev–Trinajstić information content (AvgIpc) is 3.58. The van der Waals surface area contributed by atoms with E-state index in [2.05, 4.69) is 29.6 Å². The van der Waals surface area contributed by atoms with Gasteiger partial charge in [0, 0.05) is 24.8 Å². The van der Waals surface area contributed by atoms with Gasteiger partial charge in [-0.15, -0.1) is 0 Å². The fourth-order valence-corrected chi connectivity index (χ4v) is 8.99. The smallest absolute Gasteiger partial charge is 0.169 e. The van der Waals surface area contributed by atoms with E-state index in [1.807, 2.05) is 0 Å². The highest BCUT2D eigenvalue weighted by Gasteiger charge is 2.56. The number of aryl methyl sites for hydroxylation is 1. The Bertz CT molecular complexity index is 1800. The van der Waals surface area contributed by atoms with Crippen molar-refractivity contribution in [1.29, 1.82) is 0 Å². The van der Waals surface area contributed by atoms with E-state index in [1.165, 1.54) is 75.1 Å². The summed E-state index contributed by atoms with van der Waals surface area (Å²) in [5.41, 5.74) is 4.68. The fraction of sp³-hybridized carbons (Fsp3) is 0.415. The van der Waals surface area contributed by atoms with Crippen molar-refractivity contribution >= 4 is 22.9 Å². The number of hydrogen-bond donors (Lipinski definition) is 6. The second-order valence-electron chi connectivity index (χ2n) is 14.3. The van der Waals surface area contributed by atoms with Gasteiger partial charge in [-0.3, -0.25) is 0 Å². The molecule has 0 unspecified atom stereocenters. The van der Waals surface area contributed by atoms with E-state index in [1.54, 1.807) is 30.4 Å². The van der Waals surface area contributed by atoms with Crippen LogP contribution in [0.5, 0.6) is 28.7 Å². The Morgan fingerprint density at radius 2 is 1.46 bits per heavy atom. The van der Waals surface area contributed by atoms with Crippen LogP contribution < -0.4 is 5.32 Å². The lowest BCUT2D eigenvalue weighted by molar-refractivity contribution is -0.186. The van der Waals surface area contributed by atoms with Gasteiger partial charge < -0.3 is 35.6 Å². The van der Waals surface area contributed by atoms with E-state index in [9.17, 15) is 25.5 Å². The van der Waals surface area contributed by atoms with Crippen LogP contribution in [0.25, 0.3) is 22.9 Å². The monoisotopic (exact) mass is 649 g/mol. The third kappa shape index (κ3) is 6.10. The van der Waals surface area contributed by atoms with Gasteiger partial charge in [-0.05, 0) is 103 Å². The molecular weight excluding hydrogens is 602 g/mol. The van der Waals surface area contributed by atoms with Crippen molar-refractivity contribution in [2.24, 2.45) is 5.41 Å². The first-order valence-electron chi connectivity index (χ1n) is 17.6. The van der Waals surface area contributed by atoms with Crippen LogP contribution in [0.1, 0.15) is 92.0 Å². The Morgan fingerprint density at radius 1 is 0.729 bits per heavy atom. The topological polar surface area (TPSA) is 122 Å². The van der Waals surface area contributed by atoms with Crippen LogP contribution in [0.15, 0.2) is 60.7 Å². The van der Waals surface area contributed by atoms with Gasteiger partial charge in [0.1, 0.15) is 5.75 Å². The van der Waals surface area contributed by atoms with Crippen LogP contribution in [-0.4, -0.2) is 43.8 Å². The lowest BCUT2D eigenvalue weighted by atomic mass is 9.59. The summed E-state index contributed by atoms with van der Waals surface area (Å²) in [4.78, 5) is 0. The molecule has 48 heavy (non-hydrogen) atoms. The summed E-state index contributed by atoms with van der Waals surface area (Å²) >= 11 is 0. The van der Waals surface area contributed by atoms with Crippen molar-refractivity contribution in [2.45, 2.75) is 95.2 Å². The number of phenols is 5. The van der Waals surface area contributed by atoms with Crippen molar-refractivity contribution in [3.8, 4) is 28.7 Å². The van der Waals surface area contributed by atoms with E-state index >= 15 is 0 Å². The highest BCUT2D eigenvalue weighted by molar-refractivity contribution is 6.03. The van der Waals surface area contributed by atoms with Gasteiger partial charge in [0.25, 0.3) is 0 Å². The zero-order chi connectivity index (χ0) is 33.3. The summed E-state index contributed by atoms with van der Waals surface area (Å²) in [7, 11) is 0. The molecule has 3 fully saturated rings. The lowest BCUT2D eigenvalue weighted by Gasteiger charge is -2.55. The van der Waals surface area contributed by atoms with E-state index < -0.39 is 0 Å². The highest BCUT2D eigenvalue weighted by atomic mass is 16.5. The molecule has 7 rings (SSSR count). The predicted molar refractivity (Wildman–Crippen MR) is 189 cm³/mol. The summed E-state index contributed by atoms with van der Waals surface area (Å²) in [5, 5.41) is 57.0. The number of benzene rings is 4. The normalized spacial score (nSPS) is 22.3. The van der Waals surface area contributed by atoms with E-state index in [-0.39, 0.29) is 39.7 Å². The van der Waals surface area contributed by atoms with Crippen LogP contribution in [0.3, 0.4) is 0 Å². The van der Waals surface area contributed by atoms with Gasteiger partial charge in [-0.2, -0.15) is 0 Å². The maximum atomic E-state index is 11.2. The maximum Gasteiger partial charge on any atom is 0.169 e. The Balaban J connectivity index is 1.05. The van der Waals surface area contributed by atoms with Gasteiger partial charge in [0.15, 0.2) is 23.0 Å². The van der Waals surface area contributed by atoms with E-state index in [4.69, 9.17) is 4.74 Å². The number of rotatable bonds is 8. The summed E-state index contributed by atoms with van der Waals surface area (Å²) in [6, 6.07) is 18.6. The first kappa shape index (κ1) is 32.4. The predicted octanol–water partition coefficient (Wildman–Crippen LogP) is 8.47. The molecule has 7 nitrogen and oxygen atoms in total. The second kappa shape index (κ2) is 13.4. The Kier molecular flexibility index (Phi) is 9.01. The Morgan fingerprint density at radius 3 is 2.21 bits per heavy atom. The Hall–Kier alpha value is -4.20. The van der Waals surface area contributed by atoms with Gasteiger partial charge >= 0.3 is 0 Å². The molecule has 7 heteroatoms. The van der Waals surface area contributed by atoms with Gasteiger partial charge in [0.05, 0.1) is 11.0 Å². The van der Waals surface area contributed by atoms with Crippen molar-refractivity contribution in [2.75, 3.05) is 6.61 Å². The largest absolute Gasteiger partial charge is 0.507 e. The van der Waals surface area contributed by atoms with Gasteiger partial charge in [0.2, 0.25) is 0 Å². The fourth-order valence-electron chi connectivity index (χ4n) is 8.99. The zero-order valence-electron chi connectivity index (χ0n) is 27.5. The molecular formula is C41H47NO6. The second-order valence-corrected chi connectivity index (χ2v) is 14.3. The summed E-state index contributed by atoms with van der Waals surface area (Å²) in [6.07, 6.45) is 17.4. The summed E-state index contributed by atoms with van der Waals surface area (Å²) < 4.78 is 6.70. The lowest BCUT2D eigenvalue weighted by Crippen LogP contribution is -2.57. The third-order valence-corrected chi connectivity index (χ3v) is 11.6. The standard InChI is InChI=1S/C41H47NO6/c43-34-17-14-28(24-36(34)45)13-15-31-32-6-5-7-35(44)37(32)39(47)38(46)33(31)16-12-27-8-10-29(11-9-27)26-42-30-18-23-48-41(25-30)22-4-3-21-40(41)19-1-2-20-40/h5-11,13-15,17,24,30,42-47H,1-4,12,16,18-23,25-26H2/b15-13+/t30-,41+/m1/s1. The third-order valence-electron chi connectivity index (χ3n) is 11.6. The molecule has 6 N–H and O–H groups in total. The maximum absolute atomic E-state index is 11.2. The number of fused-ring (bicyclic) bond motifs is 2. The van der Waals surface area contributed by atoms with Crippen molar-refractivity contribution in [3.63, 3.8) is 0 Å². The first-order valence-corrected chi connectivity index (χ1v) is 17.6. The molecule has 4 aromatic rings. The SMILES string of the molecule is Oc1ccc(/C=C/c2c(CCc3ccc(CN[C@@H]4CCO[C@@]5(CCCCC56CCCC6)C4)cc3)c(O)c(O)c3c(O)cccc23)cc1O. The van der Waals surface area contributed by atoms with Crippen LogP contribution in [0.2, 0.25) is 0 Å². The van der Waals surface area contributed by atoms with Crippen LogP contribution in [-0.2, 0) is 24.1 Å². The number of aromatic hydroxyl groups is 5. The molecule has 0 amide bonds. The minimum absolute atomic E-state index is 0.0584. The molecule has 1 aliphatic heterocycles. The van der Waals surface area contributed by atoms with Crippen LogP contribution in [0.4, 0.5) is 0 Å². The Labute approximate surface area is 282 Å². The first-order chi connectivity index (χ1) is 23.3. The molecule has 0 radical (unpaired) electrons. The average molecular weight is 650 g/mol. The minimum Gasteiger partial charge on any atom is -0.507 e. The summed E-state index contributed by atoms with van der Waals surface area (Å²) in [6.45, 7) is 1.67. The van der Waals surface area contributed by atoms with Crippen LogP contribution >= 0.6 is 0 Å². The number of phenolic OH excluding ortho intramolecular Hbond substituents is 5. The molecule has 0 bridgehead atoms. The number of nitrogens with one attached hydrogen (secondary N) is 1. The van der Waals surface area contributed by atoms with Gasteiger partial charge in [-0.1, -0.05) is 80.3 Å². The number of ether oxygens (including phenoxy) is 1. The molecule has 2 saturated carbocycles.